The zero-order chi connectivity index (χ0) is 12.7. The lowest BCUT2D eigenvalue weighted by molar-refractivity contribution is 0.0901. The fourth-order valence-electron chi connectivity index (χ4n) is 1.54. The molecule has 94 valence electrons. The van der Waals surface area contributed by atoms with Gasteiger partial charge in [0.1, 0.15) is 0 Å². The Hall–Kier alpha value is -0.710. The molecule has 1 rings (SSSR count). The van der Waals surface area contributed by atoms with Crippen LogP contribution in [0.2, 0.25) is 0 Å². The lowest BCUT2D eigenvalue weighted by atomic mass is 10.1. The second-order valence-corrected chi connectivity index (χ2v) is 4.62. The van der Waals surface area contributed by atoms with Crippen molar-refractivity contribution in [2.75, 3.05) is 33.4 Å². The van der Waals surface area contributed by atoms with E-state index in [9.17, 15) is 4.79 Å². The van der Waals surface area contributed by atoms with Crippen molar-refractivity contribution in [3.05, 3.63) is 34.3 Å². The fourth-order valence-corrected chi connectivity index (χ4v) is 2.05. The second-order valence-electron chi connectivity index (χ2n) is 3.76. The molecule has 0 radical (unpaired) electrons. The van der Waals surface area contributed by atoms with Crippen LogP contribution in [0.1, 0.15) is 17.3 Å². The molecule has 0 saturated heterocycles. The molecule has 0 aliphatic carbocycles. The second kappa shape index (κ2) is 7.58. The van der Waals surface area contributed by atoms with Crippen LogP contribution in [0.4, 0.5) is 0 Å². The first kappa shape index (κ1) is 14.4. The maximum Gasteiger partial charge on any atom is 0.177 e. The summed E-state index contributed by atoms with van der Waals surface area (Å²) in [7, 11) is 1.67. The molecule has 17 heavy (non-hydrogen) atoms. The highest BCUT2D eigenvalue weighted by atomic mass is 79.9. The fraction of sp³-hybridized carbons (Fsp3) is 0.462. The number of hydrogen-bond donors (Lipinski definition) is 0. The smallest absolute Gasteiger partial charge is 0.177 e. The summed E-state index contributed by atoms with van der Waals surface area (Å²) in [5.41, 5.74) is 0.739. The van der Waals surface area contributed by atoms with Gasteiger partial charge in [0.2, 0.25) is 0 Å². The number of likely N-dealkylation sites (N-methyl/N-ethyl adjacent to an activating group) is 1. The summed E-state index contributed by atoms with van der Waals surface area (Å²) in [5, 5.41) is 0. The summed E-state index contributed by atoms with van der Waals surface area (Å²) >= 11 is 3.40. The van der Waals surface area contributed by atoms with Crippen LogP contribution in [0.15, 0.2) is 28.7 Å². The van der Waals surface area contributed by atoms with Gasteiger partial charge in [0.25, 0.3) is 0 Å². The monoisotopic (exact) mass is 299 g/mol. The first-order valence-electron chi connectivity index (χ1n) is 5.68. The molecule has 1 aromatic carbocycles. The number of ether oxygens (including phenoxy) is 1. The molecule has 0 amide bonds. The number of Topliss-reactive ketones (excluding diaryl/α,β-unsaturated/α-hetero) is 1. The molecule has 0 heterocycles. The van der Waals surface area contributed by atoms with Gasteiger partial charge < -0.3 is 4.74 Å². The number of benzene rings is 1. The van der Waals surface area contributed by atoms with E-state index in [2.05, 4.69) is 20.8 Å². The minimum atomic E-state index is 0.135. The van der Waals surface area contributed by atoms with Gasteiger partial charge >= 0.3 is 0 Å². The molecule has 4 heteroatoms. The van der Waals surface area contributed by atoms with E-state index in [1.165, 1.54) is 0 Å². The van der Waals surface area contributed by atoms with Crippen LogP contribution in [0, 0.1) is 0 Å². The van der Waals surface area contributed by atoms with Gasteiger partial charge in [-0.3, -0.25) is 9.69 Å². The summed E-state index contributed by atoms with van der Waals surface area (Å²) in [4.78, 5) is 14.2. The Labute approximate surface area is 111 Å². The molecular weight excluding hydrogens is 282 g/mol. The zero-order valence-corrected chi connectivity index (χ0v) is 11.9. The average Bonchev–Trinajstić information content (AvgIpc) is 2.34. The standard InChI is InChI=1S/C13H18BrNO2/c1-3-15(8-9-17-2)10-13(16)11-6-4-5-7-12(11)14/h4-7H,3,8-10H2,1-2H3. The maximum absolute atomic E-state index is 12.1. The molecule has 0 bridgehead atoms. The van der Waals surface area contributed by atoms with E-state index in [0.29, 0.717) is 13.2 Å². The van der Waals surface area contributed by atoms with Gasteiger partial charge in [-0.15, -0.1) is 0 Å². The Morgan fingerprint density at radius 2 is 2.12 bits per heavy atom. The molecule has 3 nitrogen and oxygen atoms in total. The Morgan fingerprint density at radius 1 is 1.41 bits per heavy atom. The molecule has 0 atom stereocenters. The van der Waals surface area contributed by atoms with Crippen LogP contribution in [-0.4, -0.2) is 44.0 Å². The van der Waals surface area contributed by atoms with Crippen molar-refractivity contribution < 1.29 is 9.53 Å². The van der Waals surface area contributed by atoms with Crippen LogP contribution in [0.5, 0.6) is 0 Å². The summed E-state index contributed by atoms with van der Waals surface area (Å²) in [5.74, 6) is 0.135. The van der Waals surface area contributed by atoms with Gasteiger partial charge in [0.05, 0.1) is 13.2 Å². The first-order chi connectivity index (χ1) is 8.19. The molecule has 1 aromatic rings. The summed E-state index contributed by atoms with van der Waals surface area (Å²) in [6.45, 7) is 4.76. The van der Waals surface area contributed by atoms with Crippen LogP contribution >= 0.6 is 15.9 Å². The normalized spacial score (nSPS) is 10.8. The predicted octanol–water partition coefficient (Wildman–Crippen LogP) is 2.60. The van der Waals surface area contributed by atoms with Crippen LogP contribution in [0.25, 0.3) is 0 Å². The minimum absolute atomic E-state index is 0.135. The van der Waals surface area contributed by atoms with E-state index in [0.717, 1.165) is 23.1 Å². The molecule has 0 aliphatic rings. The van der Waals surface area contributed by atoms with Gasteiger partial charge in [0, 0.05) is 23.7 Å². The summed E-state index contributed by atoms with van der Waals surface area (Å²) < 4.78 is 5.88. The third kappa shape index (κ3) is 4.58. The van der Waals surface area contributed by atoms with E-state index in [1.54, 1.807) is 7.11 Å². The lowest BCUT2D eigenvalue weighted by Crippen LogP contribution is -2.32. The number of halogens is 1. The van der Waals surface area contributed by atoms with Crippen molar-refractivity contribution in [3.63, 3.8) is 0 Å². The molecular formula is C13H18BrNO2. The number of nitrogens with zero attached hydrogens (tertiary/aromatic N) is 1. The van der Waals surface area contributed by atoms with E-state index >= 15 is 0 Å². The Morgan fingerprint density at radius 3 is 2.71 bits per heavy atom. The van der Waals surface area contributed by atoms with E-state index in [1.807, 2.05) is 31.2 Å². The van der Waals surface area contributed by atoms with Crippen LogP contribution < -0.4 is 0 Å². The van der Waals surface area contributed by atoms with Crippen molar-refractivity contribution >= 4 is 21.7 Å². The van der Waals surface area contributed by atoms with Crippen LogP contribution in [-0.2, 0) is 4.74 Å². The van der Waals surface area contributed by atoms with E-state index < -0.39 is 0 Å². The molecule has 0 unspecified atom stereocenters. The number of hydrogen-bond acceptors (Lipinski definition) is 3. The van der Waals surface area contributed by atoms with Gasteiger partial charge in [-0.25, -0.2) is 0 Å². The highest BCUT2D eigenvalue weighted by molar-refractivity contribution is 9.10. The third-order valence-electron chi connectivity index (χ3n) is 2.60. The van der Waals surface area contributed by atoms with Crippen molar-refractivity contribution in [2.45, 2.75) is 6.92 Å². The number of ketones is 1. The Balaban J connectivity index is 2.61. The molecule has 0 saturated carbocycles. The molecule has 0 aliphatic heterocycles. The Bertz CT molecular complexity index is 368. The third-order valence-corrected chi connectivity index (χ3v) is 3.29. The summed E-state index contributed by atoms with van der Waals surface area (Å²) in [6.07, 6.45) is 0. The molecule has 0 aromatic heterocycles. The van der Waals surface area contributed by atoms with Gasteiger partial charge in [-0.1, -0.05) is 41.1 Å². The van der Waals surface area contributed by atoms with Crippen molar-refractivity contribution in [2.24, 2.45) is 0 Å². The molecule has 0 fully saturated rings. The number of rotatable bonds is 7. The number of carbonyl (C=O) groups is 1. The Kier molecular flexibility index (Phi) is 6.40. The molecule has 0 spiro atoms. The van der Waals surface area contributed by atoms with Crippen molar-refractivity contribution in [1.82, 2.24) is 4.90 Å². The maximum atomic E-state index is 12.1. The van der Waals surface area contributed by atoms with Crippen LogP contribution in [0.3, 0.4) is 0 Å². The SMILES string of the molecule is CCN(CCOC)CC(=O)c1ccccc1Br. The topological polar surface area (TPSA) is 29.5 Å². The predicted molar refractivity (Wildman–Crippen MR) is 72.5 cm³/mol. The molecule has 0 N–H and O–H groups in total. The largest absolute Gasteiger partial charge is 0.383 e. The highest BCUT2D eigenvalue weighted by Gasteiger charge is 2.13. The number of carbonyl (C=O) groups excluding carboxylic acids is 1. The van der Waals surface area contributed by atoms with Crippen molar-refractivity contribution in [3.8, 4) is 0 Å². The zero-order valence-electron chi connectivity index (χ0n) is 10.3. The van der Waals surface area contributed by atoms with E-state index in [-0.39, 0.29) is 5.78 Å². The number of methoxy groups -OCH3 is 1. The summed E-state index contributed by atoms with van der Waals surface area (Å²) in [6, 6.07) is 7.52. The quantitative estimate of drug-likeness (QED) is 0.725. The minimum Gasteiger partial charge on any atom is -0.383 e. The van der Waals surface area contributed by atoms with Gasteiger partial charge in [0.15, 0.2) is 5.78 Å². The van der Waals surface area contributed by atoms with Gasteiger partial charge in [-0.2, -0.15) is 0 Å². The lowest BCUT2D eigenvalue weighted by Gasteiger charge is -2.19. The average molecular weight is 300 g/mol. The highest BCUT2D eigenvalue weighted by Crippen LogP contribution is 2.16. The van der Waals surface area contributed by atoms with Crippen molar-refractivity contribution in [1.29, 1.82) is 0 Å². The van der Waals surface area contributed by atoms with E-state index in [4.69, 9.17) is 4.74 Å². The van der Waals surface area contributed by atoms with Gasteiger partial charge in [-0.05, 0) is 12.6 Å². The first-order valence-corrected chi connectivity index (χ1v) is 6.47.